The number of anilines is 1. The first-order valence-corrected chi connectivity index (χ1v) is 7.01. The molecule has 1 rings (SSSR count). The fraction of sp³-hybridized carbons (Fsp3) is 0.556. The Balaban J connectivity index is 2.51. The minimum absolute atomic E-state index is 0.0375. The fourth-order valence-electron chi connectivity index (χ4n) is 1.08. The highest BCUT2D eigenvalue weighted by molar-refractivity contribution is 7.89. The zero-order chi connectivity index (χ0) is 14.5. The summed E-state index contributed by atoms with van der Waals surface area (Å²) < 4.78 is 61.5. The molecule has 0 spiro atoms. The van der Waals surface area contributed by atoms with Crippen molar-refractivity contribution < 1.29 is 21.6 Å². The van der Waals surface area contributed by atoms with Crippen LogP contribution in [0.4, 0.5) is 19.1 Å². The predicted octanol–water partition coefficient (Wildman–Crippen LogP) is 0.847. The Labute approximate surface area is 108 Å². The fourth-order valence-corrected chi connectivity index (χ4v) is 1.70. The summed E-state index contributed by atoms with van der Waals surface area (Å²) in [5.74, 6) is -0.266. The molecule has 0 aliphatic carbocycles. The molecule has 0 radical (unpaired) electrons. The highest BCUT2D eigenvalue weighted by Gasteiger charge is 2.32. The second-order valence-corrected chi connectivity index (χ2v) is 5.58. The summed E-state index contributed by atoms with van der Waals surface area (Å²) in [6.07, 6.45) is -3.56. The van der Waals surface area contributed by atoms with Gasteiger partial charge in [-0.1, -0.05) is 0 Å². The average Bonchev–Trinajstić information content (AvgIpc) is 2.34. The second-order valence-electron chi connectivity index (χ2n) is 3.49. The first kappa shape index (κ1) is 15.6. The molecule has 0 unspecified atom stereocenters. The Morgan fingerprint density at radius 2 is 2.00 bits per heavy atom. The van der Waals surface area contributed by atoms with Crippen LogP contribution < -0.4 is 10.0 Å². The van der Waals surface area contributed by atoms with Gasteiger partial charge in [0, 0.05) is 19.3 Å². The molecule has 19 heavy (non-hydrogen) atoms. The standard InChI is InChI=1S/C9H13F3N4O2S/c1-2-19(17,18)15-6-5-14-8-13-4-3-7(16-8)9(10,11)12/h3-4,15H,2,5-6H2,1H3,(H,13,14,16). The van der Waals surface area contributed by atoms with Crippen LogP contribution in [0.5, 0.6) is 0 Å². The van der Waals surface area contributed by atoms with Crippen LogP contribution in [0.15, 0.2) is 12.3 Å². The molecule has 1 aromatic heterocycles. The molecule has 0 saturated heterocycles. The summed E-state index contributed by atoms with van der Waals surface area (Å²) in [7, 11) is -3.32. The molecule has 0 atom stereocenters. The van der Waals surface area contributed by atoms with E-state index in [0.717, 1.165) is 12.3 Å². The minimum Gasteiger partial charge on any atom is -0.353 e. The Hall–Kier alpha value is -1.42. The van der Waals surface area contributed by atoms with Gasteiger partial charge in [0.25, 0.3) is 0 Å². The largest absolute Gasteiger partial charge is 0.433 e. The number of hydrogen-bond donors (Lipinski definition) is 2. The van der Waals surface area contributed by atoms with E-state index < -0.39 is 21.9 Å². The Morgan fingerprint density at radius 1 is 1.32 bits per heavy atom. The van der Waals surface area contributed by atoms with Crippen molar-refractivity contribution in [2.75, 3.05) is 24.2 Å². The minimum atomic E-state index is -4.54. The summed E-state index contributed by atoms with van der Waals surface area (Å²) in [5, 5.41) is 2.50. The van der Waals surface area contributed by atoms with Gasteiger partial charge >= 0.3 is 6.18 Å². The Bertz CT molecular complexity index is 518. The monoisotopic (exact) mass is 298 g/mol. The highest BCUT2D eigenvalue weighted by Crippen LogP contribution is 2.27. The van der Waals surface area contributed by atoms with Gasteiger partial charge in [-0.3, -0.25) is 0 Å². The lowest BCUT2D eigenvalue weighted by molar-refractivity contribution is -0.141. The van der Waals surface area contributed by atoms with Gasteiger partial charge in [0.2, 0.25) is 16.0 Å². The summed E-state index contributed by atoms with van der Waals surface area (Å²) in [6, 6.07) is 0.755. The van der Waals surface area contributed by atoms with Gasteiger partial charge in [0.15, 0.2) is 0 Å². The van der Waals surface area contributed by atoms with E-state index >= 15 is 0 Å². The molecule has 0 bridgehead atoms. The number of hydrogen-bond acceptors (Lipinski definition) is 5. The predicted molar refractivity (Wildman–Crippen MR) is 63.0 cm³/mol. The van der Waals surface area contributed by atoms with Gasteiger partial charge in [-0.25, -0.2) is 23.1 Å². The lowest BCUT2D eigenvalue weighted by Gasteiger charge is -2.09. The normalized spacial score (nSPS) is 12.4. The Morgan fingerprint density at radius 3 is 2.58 bits per heavy atom. The van der Waals surface area contributed by atoms with E-state index in [9.17, 15) is 21.6 Å². The summed E-state index contributed by atoms with van der Waals surface area (Å²) in [5.41, 5.74) is -1.06. The van der Waals surface area contributed by atoms with E-state index in [2.05, 4.69) is 20.0 Å². The van der Waals surface area contributed by atoms with Crippen molar-refractivity contribution in [1.82, 2.24) is 14.7 Å². The molecule has 108 valence electrons. The van der Waals surface area contributed by atoms with Crippen LogP contribution in [0, 0.1) is 0 Å². The molecule has 6 nitrogen and oxygen atoms in total. The molecular formula is C9H13F3N4O2S. The average molecular weight is 298 g/mol. The molecule has 0 aliphatic rings. The molecule has 0 aromatic carbocycles. The molecule has 1 aromatic rings. The third kappa shape index (κ3) is 5.39. The van der Waals surface area contributed by atoms with Crippen LogP contribution in [-0.2, 0) is 16.2 Å². The molecule has 0 aliphatic heterocycles. The molecule has 1 heterocycles. The molecule has 0 saturated carbocycles. The van der Waals surface area contributed by atoms with Gasteiger partial charge < -0.3 is 5.32 Å². The second kappa shape index (κ2) is 6.15. The zero-order valence-corrected chi connectivity index (χ0v) is 10.8. The van der Waals surface area contributed by atoms with Gasteiger partial charge in [-0.2, -0.15) is 13.2 Å². The van der Waals surface area contributed by atoms with Crippen LogP contribution in [0.1, 0.15) is 12.6 Å². The summed E-state index contributed by atoms with van der Waals surface area (Å²) in [6.45, 7) is 1.60. The van der Waals surface area contributed by atoms with E-state index in [4.69, 9.17) is 0 Å². The molecule has 2 N–H and O–H groups in total. The Kier molecular flexibility index (Phi) is 5.06. The molecule has 0 fully saturated rings. The molecule has 0 amide bonds. The van der Waals surface area contributed by atoms with Gasteiger partial charge in [0.1, 0.15) is 5.69 Å². The number of halogens is 3. The zero-order valence-electron chi connectivity index (χ0n) is 10.0. The number of rotatable bonds is 6. The third-order valence-corrected chi connectivity index (χ3v) is 3.46. The maximum atomic E-state index is 12.3. The van der Waals surface area contributed by atoms with Gasteiger partial charge in [-0.15, -0.1) is 0 Å². The number of alkyl halides is 3. The lowest BCUT2D eigenvalue weighted by atomic mass is 10.4. The maximum Gasteiger partial charge on any atom is 0.433 e. The topological polar surface area (TPSA) is 84.0 Å². The van der Waals surface area contributed by atoms with Gasteiger partial charge in [0.05, 0.1) is 5.75 Å². The van der Waals surface area contributed by atoms with E-state index in [1.807, 2.05) is 0 Å². The lowest BCUT2D eigenvalue weighted by Crippen LogP contribution is -2.30. The van der Waals surface area contributed by atoms with Crippen molar-refractivity contribution in [3.63, 3.8) is 0 Å². The number of nitrogens with one attached hydrogen (secondary N) is 2. The van der Waals surface area contributed by atoms with Crippen molar-refractivity contribution >= 4 is 16.0 Å². The summed E-state index contributed by atoms with van der Waals surface area (Å²) >= 11 is 0. The van der Waals surface area contributed by atoms with Gasteiger partial charge in [-0.05, 0) is 13.0 Å². The quantitative estimate of drug-likeness (QED) is 0.761. The highest BCUT2D eigenvalue weighted by atomic mass is 32.2. The molecule has 10 heteroatoms. The smallest absolute Gasteiger partial charge is 0.353 e. The maximum absolute atomic E-state index is 12.3. The van der Waals surface area contributed by atoms with Crippen molar-refractivity contribution in [2.45, 2.75) is 13.1 Å². The van der Waals surface area contributed by atoms with E-state index in [1.54, 1.807) is 0 Å². The van der Waals surface area contributed by atoms with E-state index in [-0.39, 0.29) is 24.8 Å². The number of sulfonamides is 1. The SMILES string of the molecule is CCS(=O)(=O)NCCNc1nccc(C(F)(F)F)n1. The van der Waals surface area contributed by atoms with Crippen molar-refractivity contribution in [2.24, 2.45) is 0 Å². The van der Waals surface area contributed by atoms with Crippen LogP contribution in [0.3, 0.4) is 0 Å². The molecular weight excluding hydrogens is 285 g/mol. The first-order valence-electron chi connectivity index (χ1n) is 5.36. The summed E-state index contributed by atoms with van der Waals surface area (Å²) in [4.78, 5) is 6.88. The van der Waals surface area contributed by atoms with Crippen LogP contribution >= 0.6 is 0 Å². The van der Waals surface area contributed by atoms with Crippen molar-refractivity contribution in [1.29, 1.82) is 0 Å². The third-order valence-electron chi connectivity index (χ3n) is 2.06. The van der Waals surface area contributed by atoms with E-state index in [1.165, 1.54) is 6.92 Å². The number of aromatic nitrogens is 2. The first-order chi connectivity index (χ1) is 8.74. The van der Waals surface area contributed by atoms with Crippen LogP contribution in [-0.4, -0.2) is 37.2 Å². The van der Waals surface area contributed by atoms with Crippen LogP contribution in [0.2, 0.25) is 0 Å². The number of nitrogens with zero attached hydrogens (tertiary/aromatic N) is 2. The van der Waals surface area contributed by atoms with Crippen molar-refractivity contribution in [3.8, 4) is 0 Å². The van der Waals surface area contributed by atoms with Crippen molar-refractivity contribution in [3.05, 3.63) is 18.0 Å². The van der Waals surface area contributed by atoms with Crippen LogP contribution in [0.25, 0.3) is 0 Å². The van der Waals surface area contributed by atoms with E-state index in [0.29, 0.717) is 0 Å².